The van der Waals surface area contributed by atoms with E-state index in [1.165, 1.54) is 57.0 Å². The first-order valence-corrected chi connectivity index (χ1v) is 9.46. The molecule has 0 aromatic heterocycles. The van der Waals surface area contributed by atoms with Gasteiger partial charge in [-0.25, -0.2) is 0 Å². The molecule has 0 heterocycles. The van der Waals surface area contributed by atoms with Crippen molar-refractivity contribution in [2.45, 2.75) is 59.3 Å². The molecule has 0 bridgehead atoms. The van der Waals surface area contributed by atoms with Gasteiger partial charge < -0.3 is 0 Å². The van der Waals surface area contributed by atoms with Crippen LogP contribution in [0.4, 0.5) is 0 Å². The molecular weight excluding hydrogens is 213 g/mol. The molecule has 0 aliphatic heterocycles. The van der Waals surface area contributed by atoms with Gasteiger partial charge in [0.2, 0.25) is 0 Å². The van der Waals surface area contributed by atoms with E-state index in [0.717, 1.165) is 0 Å². The number of hydrogen-bond acceptors (Lipinski definition) is 1. The van der Waals surface area contributed by atoms with Crippen molar-refractivity contribution in [3.8, 4) is 0 Å². The third-order valence-corrected chi connectivity index (χ3v) is 8.78. The summed E-state index contributed by atoms with van der Waals surface area (Å²) >= 11 is 0. The SMILES string of the molecule is CCCC[P+](CCCC)(CCCC)N(C)C. The van der Waals surface area contributed by atoms with Gasteiger partial charge in [-0.05, 0) is 19.3 Å². The van der Waals surface area contributed by atoms with Gasteiger partial charge in [-0.15, -0.1) is 0 Å². The van der Waals surface area contributed by atoms with Gasteiger partial charge in [0.15, 0.2) is 0 Å². The highest BCUT2D eigenvalue weighted by atomic mass is 31.2. The van der Waals surface area contributed by atoms with Crippen molar-refractivity contribution in [2.24, 2.45) is 0 Å². The molecule has 0 amide bonds. The van der Waals surface area contributed by atoms with Crippen LogP contribution < -0.4 is 0 Å². The highest BCUT2D eigenvalue weighted by Gasteiger charge is 2.38. The predicted molar refractivity (Wildman–Crippen MR) is 79.9 cm³/mol. The summed E-state index contributed by atoms with van der Waals surface area (Å²) in [6.45, 7) is 6.97. The summed E-state index contributed by atoms with van der Waals surface area (Å²) < 4.78 is 2.62. The van der Waals surface area contributed by atoms with Crippen LogP contribution in [0, 0.1) is 0 Å². The Bertz CT molecular complexity index is 135. The molecule has 0 saturated heterocycles. The molecule has 0 radical (unpaired) electrons. The Morgan fingerprint density at radius 3 is 1.19 bits per heavy atom. The molecule has 1 nitrogen and oxygen atoms in total. The van der Waals surface area contributed by atoms with Crippen molar-refractivity contribution >= 4 is 7.41 Å². The van der Waals surface area contributed by atoms with Gasteiger partial charge in [0.1, 0.15) is 0 Å². The van der Waals surface area contributed by atoms with Crippen molar-refractivity contribution in [2.75, 3.05) is 32.6 Å². The van der Waals surface area contributed by atoms with Crippen molar-refractivity contribution in [3.05, 3.63) is 0 Å². The fourth-order valence-electron chi connectivity index (χ4n) is 2.29. The fraction of sp³-hybridized carbons (Fsp3) is 1.00. The second-order valence-electron chi connectivity index (χ2n) is 5.17. The molecule has 16 heavy (non-hydrogen) atoms. The average Bonchev–Trinajstić information content (AvgIpc) is 2.28. The van der Waals surface area contributed by atoms with Crippen LogP contribution in [0.1, 0.15) is 59.3 Å². The molecule has 0 aliphatic rings. The summed E-state index contributed by atoms with van der Waals surface area (Å²) in [7, 11) is 3.87. The van der Waals surface area contributed by atoms with Crippen LogP contribution in [0.2, 0.25) is 0 Å². The van der Waals surface area contributed by atoms with Gasteiger partial charge in [-0.1, -0.05) is 40.0 Å². The van der Waals surface area contributed by atoms with Gasteiger partial charge in [0, 0.05) is 14.1 Å². The zero-order valence-corrected chi connectivity index (χ0v) is 13.2. The minimum atomic E-state index is -0.784. The highest BCUT2D eigenvalue weighted by molar-refractivity contribution is 7.73. The average molecular weight is 246 g/mol. The molecule has 0 rings (SSSR count). The monoisotopic (exact) mass is 246 g/mol. The van der Waals surface area contributed by atoms with E-state index in [1.54, 1.807) is 0 Å². The van der Waals surface area contributed by atoms with Gasteiger partial charge in [0.25, 0.3) is 0 Å². The first kappa shape index (κ1) is 16.4. The topological polar surface area (TPSA) is 3.24 Å². The van der Waals surface area contributed by atoms with E-state index in [4.69, 9.17) is 0 Å². The van der Waals surface area contributed by atoms with E-state index >= 15 is 0 Å². The summed E-state index contributed by atoms with van der Waals surface area (Å²) in [4.78, 5) is 0. The number of nitrogens with zero attached hydrogens (tertiary/aromatic N) is 1. The Kier molecular flexibility index (Phi) is 9.65. The van der Waals surface area contributed by atoms with E-state index in [1.807, 2.05) is 0 Å². The molecule has 0 unspecified atom stereocenters. The Labute approximate surface area is 104 Å². The van der Waals surface area contributed by atoms with Crippen molar-refractivity contribution < 1.29 is 0 Å². The molecule has 0 aromatic rings. The van der Waals surface area contributed by atoms with Crippen molar-refractivity contribution in [1.29, 1.82) is 0 Å². The molecular formula is C14H33NP+. The van der Waals surface area contributed by atoms with E-state index < -0.39 is 7.41 Å². The number of unbranched alkanes of at least 4 members (excludes halogenated alkanes) is 3. The first-order valence-electron chi connectivity index (χ1n) is 7.16. The van der Waals surface area contributed by atoms with E-state index in [2.05, 4.69) is 39.5 Å². The summed E-state index contributed by atoms with van der Waals surface area (Å²) in [6, 6.07) is 0. The largest absolute Gasteiger partial charge is 0.186 e. The zero-order valence-electron chi connectivity index (χ0n) is 12.3. The molecule has 0 atom stereocenters. The molecule has 98 valence electrons. The van der Waals surface area contributed by atoms with E-state index in [-0.39, 0.29) is 0 Å². The highest BCUT2D eigenvalue weighted by Crippen LogP contribution is 2.62. The maximum atomic E-state index is 2.62. The predicted octanol–water partition coefficient (Wildman–Crippen LogP) is 4.88. The van der Waals surface area contributed by atoms with Crippen LogP contribution >= 0.6 is 7.41 Å². The summed E-state index contributed by atoms with van der Waals surface area (Å²) in [5.41, 5.74) is 0. The second kappa shape index (κ2) is 9.42. The third-order valence-electron chi connectivity index (χ3n) is 3.63. The van der Waals surface area contributed by atoms with Gasteiger partial charge in [0.05, 0.1) is 25.9 Å². The van der Waals surface area contributed by atoms with Crippen LogP contribution in [-0.4, -0.2) is 37.3 Å². The standard InChI is InChI=1S/C14H33NP/c1-6-9-12-16(15(4)5,13-10-7-2)14-11-8-3/h6-14H2,1-5H3/q+1. The van der Waals surface area contributed by atoms with Gasteiger partial charge in [-0.2, -0.15) is 4.67 Å². The lowest BCUT2D eigenvalue weighted by Gasteiger charge is -2.33. The van der Waals surface area contributed by atoms with Crippen LogP contribution in [0.3, 0.4) is 0 Å². The maximum absolute atomic E-state index is 2.62. The number of hydrogen-bond donors (Lipinski definition) is 0. The van der Waals surface area contributed by atoms with E-state index in [0.29, 0.717) is 0 Å². The molecule has 0 aliphatic carbocycles. The molecule has 0 aromatic carbocycles. The lowest BCUT2D eigenvalue weighted by atomic mass is 10.4. The lowest BCUT2D eigenvalue weighted by Crippen LogP contribution is -2.23. The number of rotatable bonds is 10. The molecule has 2 heteroatoms. The molecule has 0 saturated carbocycles. The summed E-state index contributed by atoms with van der Waals surface area (Å²) in [5.74, 6) is 0. The first-order chi connectivity index (χ1) is 7.63. The van der Waals surface area contributed by atoms with Crippen LogP contribution in [0.15, 0.2) is 0 Å². The van der Waals surface area contributed by atoms with Crippen LogP contribution in [0.25, 0.3) is 0 Å². The Balaban J connectivity index is 4.46. The summed E-state index contributed by atoms with van der Waals surface area (Å²) in [6.07, 6.45) is 12.8. The Morgan fingerprint density at radius 1 is 0.688 bits per heavy atom. The molecule has 0 N–H and O–H groups in total. The smallest absolute Gasteiger partial charge is 0.0824 e. The fourth-order valence-corrected chi connectivity index (χ4v) is 6.88. The Morgan fingerprint density at radius 2 is 1.00 bits per heavy atom. The van der Waals surface area contributed by atoms with Crippen molar-refractivity contribution in [3.63, 3.8) is 0 Å². The quantitative estimate of drug-likeness (QED) is 0.496. The second-order valence-corrected chi connectivity index (χ2v) is 9.51. The van der Waals surface area contributed by atoms with E-state index in [9.17, 15) is 0 Å². The summed E-state index contributed by atoms with van der Waals surface area (Å²) in [5, 5.41) is 0. The van der Waals surface area contributed by atoms with Crippen LogP contribution in [0.5, 0.6) is 0 Å². The van der Waals surface area contributed by atoms with Gasteiger partial charge >= 0.3 is 0 Å². The lowest BCUT2D eigenvalue weighted by molar-refractivity contribution is 0.635. The Hall–Kier alpha value is 0.390. The van der Waals surface area contributed by atoms with Crippen molar-refractivity contribution in [1.82, 2.24) is 4.67 Å². The molecule has 0 spiro atoms. The third kappa shape index (κ3) is 5.64. The normalized spacial score (nSPS) is 12.4. The molecule has 0 fully saturated rings. The maximum Gasteiger partial charge on any atom is 0.0824 e. The zero-order chi connectivity index (χ0) is 12.4. The van der Waals surface area contributed by atoms with Gasteiger partial charge in [-0.3, -0.25) is 0 Å². The minimum absolute atomic E-state index is 0.784. The minimum Gasteiger partial charge on any atom is -0.186 e. The van der Waals surface area contributed by atoms with Crippen LogP contribution in [-0.2, 0) is 0 Å².